The molecule has 20 heavy (non-hydrogen) atoms. The fourth-order valence-electron chi connectivity index (χ4n) is 1.50. The summed E-state index contributed by atoms with van der Waals surface area (Å²) in [6.45, 7) is 5.34. The molecule has 0 unspecified atom stereocenters. The highest BCUT2D eigenvalue weighted by molar-refractivity contribution is 9.10. The highest BCUT2D eigenvalue weighted by Gasteiger charge is 2.24. The van der Waals surface area contributed by atoms with Crippen molar-refractivity contribution in [3.63, 3.8) is 0 Å². The highest BCUT2D eigenvalue weighted by Crippen LogP contribution is 2.26. The van der Waals surface area contributed by atoms with Crippen molar-refractivity contribution in [3.8, 4) is 0 Å². The van der Waals surface area contributed by atoms with Gasteiger partial charge in [0.2, 0.25) is 0 Å². The third-order valence-corrected chi connectivity index (χ3v) is 2.89. The Balaban J connectivity index is 3.12. The second-order valence-electron chi connectivity index (χ2n) is 5.19. The molecule has 0 heterocycles. The van der Waals surface area contributed by atoms with E-state index in [4.69, 9.17) is 9.47 Å². The van der Waals surface area contributed by atoms with Crippen molar-refractivity contribution in [3.05, 3.63) is 28.2 Å². The SMILES string of the molecule is COC(=O)c1cc(Br)ccc1N(C)C(=O)OC(C)(C)C. The van der Waals surface area contributed by atoms with Crippen molar-refractivity contribution in [2.75, 3.05) is 19.1 Å². The first kappa shape index (κ1) is 16.5. The van der Waals surface area contributed by atoms with E-state index in [1.165, 1.54) is 12.0 Å². The van der Waals surface area contributed by atoms with Crippen LogP contribution in [0.25, 0.3) is 0 Å². The second kappa shape index (κ2) is 6.26. The molecule has 0 radical (unpaired) electrons. The Labute approximate surface area is 127 Å². The Morgan fingerprint density at radius 3 is 2.35 bits per heavy atom. The van der Waals surface area contributed by atoms with Crippen LogP contribution >= 0.6 is 15.9 Å². The number of halogens is 1. The fourth-order valence-corrected chi connectivity index (χ4v) is 1.86. The van der Waals surface area contributed by atoms with Gasteiger partial charge < -0.3 is 9.47 Å². The minimum absolute atomic E-state index is 0.287. The van der Waals surface area contributed by atoms with Gasteiger partial charge in [0, 0.05) is 11.5 Å². The molecule has 0 saturated heterocycles. The molecule has 0 aliphatic heterocycles. The van der Waals surface area contributed by atoms with Gasteiger partial charge in [0.25, 0.3) is 0 Å². The maximum Gasteiger partial charge on any atom is 0.414 e. The van der Waals surface area contributed by atoms with Gasteiger partial charge in [-0.1, -0.05) is 15.9 Å². The molecular formula is C14H18BrNO4. The Morgan fingerprint density at radius 2 is 1.85 bits per heavy atom. The molecule has 0 spiro atoms. The van der Waals surface area contributed by atoms with Crippen LogP contribution in [0, 0.1) is 0 Å². The van der Waals surface area contributed by atoms with Crippen LogP contribution in [-0.4, -0.2) is 31.8 Å². The molecular weight excluding hydrogens is 326 g/mol. The lowest BCUT2D eigenvalue weighted by atomic mass is 10.1. The van der Waals surface area contributed by atoms with Crippen molar-refractivity contribution in [2.24, 2.45) is 0 Å². The lowest BCUT2D eigenvalue weighted by Gasteiger charge is -2.25. The minimum atomic E-state index is -0.605. The van der Waals surface area contributed by atoms with Gasteiger partial charge in [-0.3, -0.25) is 4.90 Å². The molecule has 0 N–H and O–H groups in total. The molecule has 0 saturated carbocycles. The zero-order chi connectivity index (χ0) is 15.5. The van der Waals surface area contributed by atoms with E-state index in [2.05, 4.69) is 15.9 Å². The van der Waals surface area contributed by atoms with Gasteiger partial charge in [0.1, 0.15) is 5.60 Å². The summed E-state index contributed by atoms with van der Waals surface area (Å²) in [5.41, 5.74) is 0.108. The van der Waals surface area contributed by atoms with Crippen LogP contribution in [-0.2, 0) is 9.47 Å². The molecule has 1 aromatic rings. The fraction of sp³-hybridized carbons (Fsp3) is 0.429. The Bertz CT molecular complexity index is 522. The molecule has 1 amide bonds. The van der Waals surface area contributed by atoms with E-state index in [1.807, 2.05) is 0 Å². The van der Waals surface area contributed by atoms with E-state index in [9.17, 15) is 9.59 Å². The van der Waals surface area contributed by atoms with Crippen molar-refractivity contribution >= 4 is 33.7 Å². The van der Waals surface area contributed by atoms with Crippen LogP contribution in [0.1, 0.15) is 31.1 Å². The smallest absolute Gasteiger partial charge is 0.414 e. The number of benzene rings is 1. The van der Waals surface area contributed by atoms with E-state index in [-0.39, 0.29) is 5.56 Å². The summed E-state index contributed by atoms with van der Waals surface area (Å²) >= 11 is 3.29. The third-order valence-electron chi connectivity index (χ3n) is 2.39. The molecule has 110 valence electrons. The average molecular weight is 344 g/mol. The number of amides is 1. The Morgan fingerprint density at radius 1 is 1.25 bits per heavy atom. The van der Waals surface area contributed by atoms with E-state index < -0.39 is 17.7 Å². The number of carbonyl (C=O) groups is 2. The van der Waals surface area contributed by atoms with Crippen LogP contribution in [0.5, 0.6) is 0 Å². The van der Waals surface area contributed by atoms with Gasteiger partial charge in [0.15, 0.2) is 0 Å². The van der Waals surface area contributed by atoms with E-state index in [1.54, 1.807) is 46.0 Å². The molecule has 1 rings (SSSR count). The monoisotopic (exact) mass is 343 g/mol. The third kappa shape index (κ3) is 4.23. The number of hydrogen-bond acceptors (Lipinski definition) is 4. The maximum absolute atomic E-state index is 12.0. The number of ether oxygens (including phenoxy) is 2. The van der Waals surface area contributed by atoms with Gasteiger partial charge in [-0.15, -0.1) is 0 Å². The van der Waals surface area contributed by atoms with E-state index in [0.717, 1.165) is 4.47 Å². The van der Waals surface area contributed by atoms with E-state index in [0.29, 0.717) is 5.69 Å². The van der Waals surface area contributed by atoms with Gasteiger partial charge in [-0.25, -0.2) is 9.59 Å². The van der Waals surface area contributed by atoms with Gasteiger partial charge in [-0.2, -0.15) is 0 Å². The zero-order valence-corrected chi connectivity index (χ0v) is 13.8. The molecule has 0 aliphatic carbocycles. The largest absolute Gasteiger partial charge is 0.465 e. The Hall–Kier alpha value is -1.56. The number of esters is 1. The summed E-state index contributed by atoms with van der Waals surface area (Å²) in [5.74, 6) is -0.517. The first-order valence-corrected chi connectivity index (χ1v) is 6.79. The van der Waals surface area contributed by atoms with Crippen LogP contribution in [0.3, 0.4) is 0 Å². The molecule has 0 aliphatic rings. The van der Waals surface area contributed by atoms with Crippen LogP contribution in [0.15, 0.2) is 22.7 Å². The minimum Gasteiger partial charge on any atom is -0.465 e. The van der Waals surface area contributed by atoms with Crippen molar-refractivity contribution in [2.45, 2.75) is 26.4 Å². The first-order valence-electron chi connectivity index (χ1n) is 6.00. The molecule has 6 heteroatoms. The highest BCUT2D eigenvalue weighted by atomic mass is 79.9. The van der Waals surface area contributed by atoms with Crippen molar-refractivity contribution in [1.82, 2.24) is 0 Å². The number of rotatable bonds is 2. The molecule has 0 aromatic heterocycles. The molecule has 0 bridgehead atoms. The predicted molar refractivity (Wildman–Crippen MR) is 80.1 cm³/mol. The average Bonchev–Trinajstić information content (AvgIpc) is 2.34. The Kier molecular flexibility index (Phi) is 5.16. The molecule has 5 nitrogen and oxygen atoms in total. The summed E-state index contributed by atoms with van der Waals surface area (Å²) in [6, 6.07) is 4.99. The summed E-state index contributed by atoms with van der Waals surface area (Å²) in [5, 5.41) is 0. The molecule has 1 aromatic carbocycles. The zero-order valence-electron chi connectivity index (χ0n) is 12.2. The summed E-state index contributed by atoms with van der Waals surface area (Å²) in [4.78, 5) is 25.1. The quantitative estimate of drug-likeness (QED) is 0.769. The van der Waals surface area contributed by atoms with Gasteiger partial charge in [0.05, 0.1) is 18.4 Å². The lowest BCUT2D eigenvalue weighted by molar-refractivity contribution is 0.0587. The van der Waals surface area contributed by atoms with E-state index >= 15 is 0 Å². The number of nitrogens with zero attached hydrogens (tertiary/aromatic N) is 1. The van der Waals surface area contributed by atoms with Gasteiger partial charge in [-0.05, 0) is 39.0 Å². The number of anilines is 1. The maximum atomic E-state index is 12.0. The summed E-state index contributed by atoms with van der Waals surface area (Å²) in [7, 11) is 2.84. The van der Waals surface area contributed by atoms with Crippen molar-refractivity contribution in [1.29, 1.82) is 0 Å². The lowest BCUT2D eigenvalue weighted by Crippen LogP contribution is -2.35. The van der Waals surface area contributed by atoms with Crippen molar-refractivity contribution < 1.29 is 19.1 Å². The standard InChI is InChI=1S/C14H18BrNO4/c1-14(2,3)20-13(18)16(4)11-7-6-9(15)8-10(11)12(17)19-5/h6-8H,1-5H3. The topological polar surface area (TPSA) is 55.8 Å². The van der Waals surface area contributed by atoms with Crippen LogP contribution < -0.4 is 4.90 Å². The normalized spacial score (nSPS) is 10.9. The first-order chi connectivity index (χ1) is 9.15. The molecule has 0 atom stereocenters. The number of hydrogen-bond donors (Lipinski definition) is 0. The number of carbonyl (C=O) groups excluding carboxylic acids is 2. The van der Waals surface area contributed by atoms with Crippen LogP contribution in [0.4, 0.5) is 10.5 Å². The van der Waals surface area contributed by atoms with Crippen LogP contribution in [0.2, 0.25) is 0 Å². The summed E-state index contributed by atoms with van der Waals surface area (Å²) in [6.07, 6.45) is -0.537. The molecule has 0 fully saturated rings. The number of methoxy groups -OCH3 is 1. The second-order valence-corrected chi connectivity index (χ2v) is 6.11. The predicted octanol–water partition coefficient (Wildman–Crippen LogP) is 3.61. The van der Waals surface area contributed by atoms with Gasteiger partial charge >= 0.3 is 12.1 Å². The summed E-state index contributed by atoms with van der Waals surface area (Å²) < 4.78 is 10.7.